The molecule has 2 aliphatic rings. The Balaban J connectivity index is 1.79. The Morgan fingerprint density at radius 2 is 1.29 bits per heavy atom. The van der Waals surface area contributed by atoms with E-state index in [1.165, 1.54) is 11.1 Å². The summed E-state index contributed by atoms with van der Waals surface area (Å²) >= 11 is 0. The molecule has 0 saturated heterocycles. The molecule has 0 spiro atoms. The van der Waals surface area contributed by atoms with Crippen molar-refractivity contribution in [3.63, 3.8) is 0 Å². The Kier molecular flexibility index (Phi) is 6.36. The van der Waals surface area contributed by atoms with Crippen molar-refractivity contribution < 1.29 is 18.9 Å². The minimum Gasteiger partial charge on any atom is -0.493 e. The van der Waals surface area contributed by atoms with Crippen LogP contribution >= 0.6 is 0 Å². The summed E-state index contributed by atoms with van der Waals surface area (Å²) in [6.07, 6.45) is 1.75. The van der Waals surface area contributed by atoms with Crippen molar-refractivity contribution in [1.29, 1.82) is 0 Å². The molecule has 0 aliphatic carbocycles. The van der Waals surface area contributed by atoms with Crippen molar-refractivity contribution in [2.24, 2.45) is 4.99 Å². The SMILES string of the molecule is COc1cc2c(cc1OC)C(/C(=C1/NCCc3cc(OC)c(OC)cc31)c1ccccc1)=NCC2. The second-order valence-electron chi connectivity index (χ2n) is 8.50. The van der Waals surface area contributed by atoms with Crippen LogP contribution in [0.4, 0.5) is 0 Å². The van der Waals surface area contributed by atoms with Gasteiger partial charge in [0.25, 0.3) is 0 Å². The van der Waals surface area contributed by atoms with Crippen LogP contribution in [-0.4, -0.2) is 47.2 Å². The quantitative estimate of drug-likeness (QED) is 0.562. The fraction of sp³-hybridized carbons (Fsp3) is 0.276. The van der Waals surface area contributed by atoms with Gasteiger partial charge in [-0.3, -0.25) is 4.99 Å². The summed E-state index contributed by atoms with van der Waals surface area (Å²) in [7, 11) is 6.68. The third-order valence-corrected chi connectivity index (χ3v) is 6.64. The molecule has 5 rings (SSSR count). The minimum atomic E-state index is 0.696. The summed E-state index contributed by atoms with van der Waals surface area (Å²) in [4.78, 5) is 5.07. The van der Waals surface area contributed by atoms with Crippen molar-refractivity contribution in [2.45, 2.75) is 12.8 Å². The van der Waals surface area contributed by atoms with E-state index >= 15 is 0 Å². The summed E-state index contributed by atoms with van der Waals surface area (Å²) < 4.78 is 22.5. The highest BCUT2D eigenvalue weighted by Gasteiger charge is 2.28. The fourth-order valence-electron chi connectivity index (χ4n) is 4.94. The zero-order valence-electron chi connectivity index (χ0n) is 20.6. The number of rotatable bonds is 6. The monoisotopic (exact) mass is 470 g/mol. The number of allylic oxidation sites excluding steroid dienone is 1. The molecular weight excluding hydrogens is 440 g/mol. The molecular formula is C29H30N2O4. The lowest BCUT2D eigenvalue weighted by molar-refractivity contribution is 0.354. The van der Waals surface area contributed by atoms with Gasteiger partial charge in [-0.2, -0.15) is 0 Å². The summed E-state index contributed by atoms with van der Waals surface area (Å²) in [5, 5.41) is 3.69. The zero-order chi connectivity index (χ0) is 24.4. The van der Waals surface area contributed by atoms with Crippen molar-refractivity contribution in [2.75, 3.05) is 41.5 Å². The average Bonchev–Trinajstić information content (AvgIpc) is 2.92. The molecule has 180 valence electrons. The van der Waals surface area contributed by atoms with Gasteiger partial charge in [0.15, 0.2) is 23.0 Å². The van der Waals surface area contributed by atoms with Gasteiger partial charge in [0.05, 0.1) is 39.8 Å². The Morgan fingerprint density at radius 1 is 0.714 bits per heavy atom. The van der Waals surface area contributed by atoms with Gasteiger partial charge >= 0.3 is 0 Å². The molecule has 0 atom stereocenters. The largest absolute Gasteiger partial charge is 0.493 e. The smallest absolute Gasteiger partial charge is 0.161 e. The van der Waals surface area contributed by atoms with E-state index in [0.29, 0.717) is 18.0 Å². The maximum absolute atomic E-state index is 5.66. The van der Waals surface area contributed by atoms with Crippen LogP contribution in [0, 0.1) is 0 Å². The van der Waals surface area contributed by atoms with Gasteiger partial charge in [0.1, 0.15) is 0 Å². The fourth-order valence-corrected chi connectivity index (χ4v) is 4.94. The van der Waals surface area contributed by atoms with E-state index in [4.69, 9.17) is 23.9 Å². The second kappa shape index (κ2) is 9.74. The number of aliphatic imine (C=N–C) groups is 1. The van der Waals surface area contributed by atoms with Crippen molar-refractivity contribution >= 4 is 17.0 Å². The van der Waals surface area contributed by atoms with E-state index in [1.54, 1.807) is 28.4 Å². The molecule has 6 heteroatoms. The number of methoxy groups -OCH3 is 4. The standard InChI is InChI=1S/C29H30N2O4/c1-32-23-14-19-10-12-30-28(21(19)16-25(23)34-3)27(18-8-6-5-7-9-18)29-22-17-26(35-4)24(33-2)15-20(22)11-13-31-29/h5-9,14-17,30H,10-13H2,1-4H3/b28-27+. The number of hydrogen-bond acceptors (Lipinski definition) is 6. The normalized spacial score (nSPS) is 15.7. The molecule has 1 N–H and O–H groups in total. The summed E-state index contributed by atoms with van der Waals surface area (Å²) in [5.74, 6) is 2.88. The average molecular weight is 471 g/mol. The number of benzene rings is 3. The predicted molar refractivity (Wildman–Crippen MR) is 139 cm³/mol. The predicted octanol–water partition coefficient (Wildman–Crippen LogP) is 4.78. The van der Waals surface area contributed by atoms with Gasteiger partial charge < -0.3 is 24.3 Å². The Labute approximate surface area is 206 Å². The number of nitrogens with one attached hydrogen (secondary N) is 1. The van der Waals surface area contributed by atoms with Crippen LogP contribution in [0.5, 0.6) is 23.0 Å². The summed E-state index contributed by atoms with van der Waals surface area (Å²) in [6, 6.07) is 18.7. The lowest BCUT2D eigenvalue weighted by atomic mass is 9.85. The Bertz CT molecular complexity index is 1310. The molecule has 0 bridgehead atoms. The van der Waals surface area contributed by atoms with Crippen LogP contribution in [0.25, 0.3) is 11.3 Å². The number of ether oxygens (including phenoxy) is 4. The summed E-state index contributed by atoms with van der Waals surface area (Å²) in [6.45, 7) is 1.53. The first kappa shape index (κ1) is 22.8. The number of nitrogens with zero attached hydrogens (tertiary/aromatic N) is 1. The highest BCUT2D eigenvalue weighted by atomic mass is 16.5. The van der Waals surface area contributed by atoms with E-state index in [1.807, 2.05) is 12.1 Å². The van der Waals surface area contributed by atoms with Gasteiger partial charge in [0, 0.05) is 29.8 Å². The van der Waals surface area contributed by atoms with Crippen molar-refractivity contribution in [3.05, 3.63) is 82.4 Å². The highest BCUT2D eigenvalue weighted by Crippen LogP contribution is 2.40. The summed E-state index contributed by atoms with van der Waals surface area (Å²) in [5.41, 5.74) is 8.73. The molecule has 0 unspecified atom stereocenters. The van der Waals surface area contributed by atoms with E-state index in [9.17, 15) is 0 Å². The molecule has 0 amide bonds. The second-order valence-corrected chi connectivity index (χ2v) is 8.50. The molecule has 0 aromatic heterocycles. The van der Waals surface area contributed by atoms with Crippen LogP contribution in [0.1, 0.15) is 27.8 Å². The van der Waals surface area contributed by atoms with E-state index in [2.05, 4.69) is 47.8 Å². The maximum atomic E-state index is 5.66. The first-order valence-electron chi connectivity index (χ1n) is 11.8. The van der Waals surface area contributed by atoms with Crippen molar-refractivity contribution in [1.82, 2.24) is 5.32 Å². The molecule has 0 saturated carbocycles. The molecule has 2 heterocycles. The molecule has 6 nitrogen and oxygen atoms in total. The first-order valence-corrected chi connectivity index (χ1v) is 11.8. The van der Waals surface area contributed by atoms with Gasteiger partial charge in [-0.25, -0.2) is 0 Å². The van der Waals surface area contributed by atoms with Gasteiger partial charge in [-0.1, -0.05) is 30.3 Å². The van der Waals surface area contributed by atoms with E-state index in [0.717, 1.165) is 64.6 Å². The highest BCUT2D eigenvalue weighted by molar-refractivity contribution is 6.37. The lowest BCUT2D eigenvalue weighted by Crippen LogP contribution is -2.27. The molecule has 0 fully saturated rings. The maximum Gasteiger partial charge on any atom is 0.161 e. The first-order chi connectivity index (χ1) is 17.2. The number of fused-ring (bicyclic) bond motifs is 2. The Hall–Kier alpha value is -3.93. The number of hydrogen-bond donors (Lipinski definition) is 1. The molecule has 3 aromatic rings. The zero-order valence-corrected chi connectivity index (χ0v) is 20.6. The van der Waals surface area contributed by atoms with Gasteiger partial charge in [-0.15, -0.1) is 0 Å². The van der Waals surface area contributed by atoms with Crippen LogP contribution in [0.3, 0.4) is 0 Å². The topological polar surface area (TPSA) is 61.3 Å². The van der Waals surface area contributed by atoms with Crippen LogP contribution in [0.15, 0.2) is 59.6 Å². The van der Waals surface area contributed by atoms with Crippen molar-refractivity contribution in [3.8, 4) is 23.0 Å². The van der Waals surface area contributed by atoms with Gasteiger partial charge in [0.2, 0.25) is 0 Å². The minimum absolute atomic E-state index is 0.696. The Morgan fingerprint density at radius 3 is 1.91 bits per heavy atom. The van der Waals surface area contributed by atoms with E-state index < -0.39 is 0 Å². The third kappa shape index (κ3) is 4.09. The molecule has 35 heavy (non-hydrogen) atoms. The van der Waals surface area contributed by atoms with E-state index in [-0.39, 0.29) is 0 Å². The van der Waals surface area contributed by atoms with Crippen LogP contribution in [0.2, 0.25) is 0 Å². The van der Waals surface area contributed by atoms with Crippen LogP contribution < -0.4 is 24.3 Å². The third-order valence-electron chi connectivity index (χ3n) is 6.64. The van der Waals surface area contributed by atoms with Gasteiger partial charge in [-0.05, 0) is 53.8 Å². The molecule has 3 aromatic carbocycles. The molecule has 0 radical (unpaired) electrons. The molecule has 2 aliphatic heterocycles. The van der Waals surface area contributed by atoms with Crippen LogP contribution in [-0.2, 0) is 12.8 Å². The lowest BCUT2D eigenvalue weighted by Gasteiger charge is -2.28.